The van der Waals surface area contributed by atoms with E-state index in [9.17, 15) is 8.42 Å². The molecule has 0 aliphatic heterocycles. The van der Waals surface area contributed by atoms with Crippen LogP contribution in [0.1, 0.15) is 31.0 Å². The van der Waals surface area contributed by atoms with Gasteiger partial charge in [0.1, 0.15) is 5.75 Å². The van der Waals surface area contributed by atoms with E-state index in [1.165, 1.54) is 0 Å². The van der Waals surface area contributed by atoms with Crippen molar-refractivity contribution < 1.29 is 13.2 Å². The zero-order chi connectivity index (χ0) is 17.7. The predicted octanol–water partition coefficient (Wildman–Crippen LogP) is 4.57. The highest BCUT2D eigenvalue weighted by Gasteiger charge is 2.19. The number of benzene rings is 2. The Morgan fingerprint density at radius 1 is 1.08 bits per heavy atom. The van der Waals surface area contributed by atoms with Crippen molar-refractivity contribution in [1.29, 1.82) is 0 Å². The lowest BCUT2D eigenvalue weighted by atomic mass is 10.1. The molecular weight excluding hydrogens is 369 g/mol. The van der Waals surface area contributed by atoms with Gasteiger partial charge in [0.15, 0.2) is 0 Å². The zero-order valence-corrected chi connectivity index (χ0v) is 15.8. The highest BCUT2D eigenvalue weighted by molar-refractivity contribution is 7.88. The molecular formula is C17H19Cl2NO3S. The topological polar surface area (TPSA) is 55.4 Å². The minimum atomic E-state index is -3.60. The van der Waals surface area contributed by atoms with E-state index >= 15 is 0 Å². The van der Waals surface area contributed by atoms with E-state index in [0.29, 0.717) is 22.2 Å². The van der Waals surface area contributed by atoms with Crippen LogP contribution in [0.25, 0.3) is 0 Å². The molecule has 0 saturated carbocycles. The SMILES string of the molecule is CCOc1ccc([C@@H](C)NS(=O)(=O)Cc2c(Cl)cccc2Cl)cc1. The van der Waals surface area contributed by atoms with E-state index in [-0.39, 0.29) is 11.8 Å². The molecule has 0 radical (unpaired) electrons. The quantitative estimate of drug-likeness (QED) is 0.756. The molecule has 0 heterocycles. The summed E-state index contributed by atoms with van der Waals surface area (Å²) in [5.41, 5.74) is 1.24. The zero-order valence-electron chi connectivity index (χ0n) is 13.4. The van der Waals surface area contributed by atoms with E-state index in [1.54, 1.807) is 25.1 Å². The van der Waals surface area contributed by atoms with Crippen molar-refractivity contribution in [2.75, 3.05) is 6.61 Å². The van der Waals surface area contributed by atoms with Crippen LogP contribution < -0.4 is 9.46 Å². The van der Waals surface area contributed by atoms with Crippen molar-refractivity contribution in [2.45, 2.75) is 25.6 Å². The van der Waals surface area contributed by atoms with Crippen LogP contribution in [0, 0.1) is 0 Å². The predicted molar refractivity (Wildman–Crippen MR) is 98.2 cm³/mol. The second kappa shape index (κ2) is 8.21. The van der Waals surface area contributed by atoms with Crippen LogP contribution in [-0.2, 0) is 15.8 Å². The molecule has 0 aromatic heterocycles. The molecule has 2 aromatic carbocycles. The molecule has 4 nitrogen and oxygen atoms in total. The molecule has 0 fully saturated rings. The van der Waals surface area contributed by atoms with Gasteiger partial charge in [0, 0.05) is 21.7 Å². The van der Waals surface area contributed by atoms with Crippen molar-refractivity contribution >= 4 is 33.2 Å². The second-order valence-corrected chi connectivity index (χ2v) is 7.87. The third-order valence-corrected chi connectivity index (χ3v) is 5.53. The van der Waals surface area contributed by atoms with E-state index < -0.39 is 10.0 Å². The first-order valence-electron chi connectivity index (χ1n) is 7.48. The standard InChI is InChI=1S/C17H19Cl2NO3S/c1-3-23-14-9-7-13(8-10-14)12(2)20-24(21,22)11-15-16(18)5-4-6-17(15)19/h4-10,12,20H,3,11H2,1-2H3/t12-/m1/s1. The Bertz CT molecular complexity index is 772. The molecule has 0 aliphatic rings. The number of nitrogens with one attached hydrogen (secondary N) is 1. The fourth-order valence-electron chi connectivity index (χ4n) is 2.26. The number of hydrogen-bond donors (Lipinski definition) is 1. The Kier molecular flexibility index (Phi) is 6.52. The van der Waals surface area contributed by atoms with Gasteiger partial charge >= 0.3 is 0 Å². The molecule has 0 unspecified atom stereocenters. The van der Waals surface area contributed by atoms with Crippen molar-refractivity contribution in [3.8, 4) is 5.75 Å². The molecule has 130 valence electrons. The molecule has 0 aliphatic carbocycles. The van der Waals surface area contributed by atoms with Crippen molar-refractivity contribution in [1.82, 2.24) is 4.72 Å². The van der Waals surface area contributed by atoms with Crippen LogP contribution >= 0.6 is 23.2 Å². The Morgan fingerprint density at radius 2 is 1.67 bits per heavy atom. The first kappa shape index (κ1) is 19.1. The van der Waals surface area contributed by atoms with Crippen LogP contribution in [0.2, 0.25) is 10.0 Å². The lowest BCUT2D eigenvalue weighted by Crippen LogP contribution is -2.28. The average Bonchev–Trinajstić information content (AvgIpc) is 2.52. The second-order valence-electron chi connectivity index (χ2n) is 5.30. The lowest BCUT2D eigenvalue weighted by molar-refractivity contribution is 0.340. The maximum atomic E-state index is 12.4. The van der Waals surface area contributed by atoms with Gasteiger partial charge in [-0.1, -0.05) is 41.4 Å². The van der Waals surface area contributed by atoms with Crippen LogP contribution in [-0.4, -0.2) is 15.0 Å². The number of rotatable bonds is 7. The third-order valence-electron chi connectivity index (χ3n) is 3.44. The van der Waals surface area contributed by atoms with Gasteiger partial charge in [0.25, 0.3) is 0 Å². The molecule has 1 N–H and O–H groups in total. The summed E-state index contributed by atoms with van der Waals surface area (Å²) in [6.07, 6.45) is 0. The van der Waals surface area contributed by atoms with Crippen LogP contribution in [0.15, 0.2) is 42.5 Å². The normalized spacial score (nSPS) is 12.8. The molecule has 1 atom stereocenters. The summed E-state index contributed by atoms with van der Waals surface area (Å²) in [6, 6.07) is 11.8. The Labute approximate surface area is 152 Å². The van der Waals surface area contributed by atoms with Gasteiger partial charge in [0.2, 0.25) is 10.0 Å². The molecule has 0 amide bonds. The van der Waals surface area contributed by atoms with E-state index in [2.05, 4.69) is 4.72 Å². The largest absolute Gasteiger partial charge is 0.494 e. The first-order valence-corrected chi connectivity index (χ1v) is 9.89. The molecule has 0 bridgehead atoms. The maximum Gasteiger partial charge on any atom is 0.216 e. The van der Waals surface area contributed by atoms with E-state index in [4.69, 9.17) is 27.9 Å². The summed E-state index contributed by atoms with van der Waals surface area (Å²) in [7, 11) is -3.60. The molecule has 0 saturated heterocycles. The Hall–Kier alpha value is -1.27. The van der Waals surface area contributed by atoms with Crippen molar-refractivity contribution in [2.24, 2.45) is 0 Å². The monoisotopic (exact) mass is 387 g/mol. The number of halogens is 2. The number of ether oxygens (including phenoxy) is 1. The van der Waals surface area contributed by atoms with Gasteiger partial charge in [0.05, 0.1) is 12.4 Å². The number of hydrogen-bond acceptors (Lipinski definition) is 3. The van der Waals surface area contributed by atoms with Crippen LogP contribution in [0.5, 0.6) is 5.75 Å². The average molecular weight is 388 g/mol. The van der Waals surface area contributed by atoms with Crippen molar-refractivity contribution in [3.05, 3.63) is 63.6 Å². The van der Waals surface area contributed by atoms with E-state index in [1.807, 2.05) is 31.2 Å². The van der Waals surface area contributed by atoms with Crippen LogP contribution in [0.4, 0.5) is 0 Å². The van der Waals surface area contributed by atoms with Crippen LogP contribution in [0.3, 0.4) is 0 Å². The molecule has 0 spiro atoms. The summed E-state index contributed by atoms with van der Waals surface area (Å²) >= 11 is 12.1. The lowest BCUT2D eigenvalue weighted by Gasteiger charge is -2.16. The van der Waals surface area contributed by atoms with Gasteiger partial charge in [-0.15, -0.1) is 0 Å². The maximum absolute atomic E-state index is 12.4. The highest BCUT2D eigenvalue weighted by atomic mass is 35.5. The molecule has 24 heavy (non-hydrogen) atoms. The molecule has 2 rings (SSSR count). The van der Waals surface area contributed by atoms with Gasteiger partial charge < -0.3 is 4.74 Å². The summed E-state index contributed by atoms with van der Waals surface area (Å²) in [5, 5.41) is 0.670. The smallest absolute Gasteiger partial charge is 0.216 e. The fraction of sp³-hybridized carbons (Fsp3) is 0.294. The summed E-state index contributed by atoms with van der Waals surface area (Å²) in [5.74, 6) is 0.478. The first-order chi connectivity index (χ1) is 11.3. The molecule has 2 aromatic rings. The minimum absolute atomic E-state index is 0.271. The third kappa shape index (κ3) is 5.11. The summed E-state index contributed by atoms with van der Waals surface area (Å²) in [6.45, 7) is 4.27. The van der Waals surface area contributed by atoms with Gasteiger partial charge in [-0.25, -0.2) is 13.1 Å². The highest BCUT2D eigenvalue weighted by Crippen LogP contribution is 2.27. The van der Waals surface area contributed by atoms with E-state index in [0.717, 1.165) is 11.3 Å². The Morgan fingerprint density at radius 3 is 2.21 bits per heavy atom. The van der Waals surface area contributed by atoms with Gasteiger partial charge in [-0.3, -0.25) is 0 Å². The fourth-order valence-corrected chi connectivity index (χ4v) is 4.40. The van der Waals surface area contributed by atoms with Gasteiger partial charge in [-0.05, 0) is 43.7 Å². The van der Waals surface area contributed by atoms with Gasteiger partial charge in [-0.2, -0.15) is 0 Å². The molecule has 7 heteroatoms. The Balaban J connectivity index is 2.10. The summed E-state index contributed by atoms with van der Waals surface area (Å²) < 4.78 is 32.8. The van der Waals surface area contributed by atoms with Crippen molar-refractivity contribution in [3.63, 3.8) is 0 Å². The summed E-state index contributed by atoms with van der Waals surface area (Å²) in [4.78, 5) is 0. The number of sulfonamides is 1. The minimum Gasteiger partial charge on any atom is -0.494 e.